The summed E-state index contributed by atoms with van der Waals surface area (Å²) in [5.74, 6) is -0.459. The van der Waals surface area contributed by atoms with E-state index in [1.807, 2.05) is 0 Å². The fourth-order valence-corrected chi connectivity index (χ4v) is 1.36. The minimum absolute atomic E-state index is 0.207. The van der Waals surface area contributed by atoms with Crippen LogP contribution in [0.15, 0.2) is 6.07 Å². The van der Waals surface area contributed by atoms with E-state index in [2.05, 4.69) is 0 Å². The van der Waals surface area contributed by atoms with Crippen molar-refractivity contribution >= 4 is 40.5 Å². The highest BCUT2D eigenvalue weighted by atomic mass is 35.5. The van der Waals surface area contributed by atoms with Gasteiger partial charge < -0.3 is 5.11 Å². The predicted molar refractivity (Wildman–Crippen MR) is 49.8 cm³/mol. The Morgan fingerprint density at radius 3 is 2.31 bits per heavy atom. The highest BCUT2D eigenvalue weighted by Gasteiger charge is 2.21. The Labute approximate surface area is 87.8 Å². The first-order chi connectivity index (χ1) is 5.95. The van der Waals surface area contributed by atoms with Crippen molar-refractivity contribution in [1.82, 2.24) is 0 Å². The molecule has 4 nitrogen and oxygen atoms in total. The zero-order chi connectivity index (χ0) is 10.2. The topological polar surface area (TPSA) is 63.4 Å². The number of nitrogens with zero attached hydrogens (tertiary/aromatic N) is 1. The van der Waals surface area contributed by atoms with Crippen LogP contribution in [0.5, 0.6) is 5.75 Å². The Kier molecular flexibility index (Phi) is 2.85. The molecule has 1 rings (SSSR count). The first-order valence-corrected chi connectivity index (χ1v) is 4.09. The molecule has 0 fully saturated rings. The van der Waals surface area contributed by atoms with E-state index in [1.165, 1.54) is 0 Å². The molecular weight excluding hydrogens is 240 g/mol. The summed E-state index contributed by atoms with van der Waals surface area (Å²) in [6.45, 7) is 0. The first kappa shape index (κ1) is 10.4. The summed E-state index contributed by atoms with van der Waals surface area (Å²) in [5.41, 5.74) is -0.436. The molecule has 1 aromatic rings. The molecule has 0 unspecified atom stereocenters. The van der Waals surface area contributed by atoms with E-state index in [9.17, 15) is 10.1 Å². The molecule has 0 bridgehead atoms. The number of hydrogen-bond donors (Lipinski definition) is 1. The van der Waals surface area contributed by atoms with Crippen LogP contribution in [-0.2, 0) is 0 Å². The molecule has 0 heterocycles. The Balaban J connectivity index is 3.50. The molecule has 0 aliphatic carbocycles. The van der Waals surface area contributed by atoms with Gasteiger partial charge in [-0.05, 0) is 0 Å². The number of halogens is 3. The van der Waals surface area contributed by atoms with Gasteiger partial charge in [-0.1, -0.05) is 34.8 Å². The molecule has 0 aliphatic heterocycles. The van der Waals surface area contributed by atoms with Gasteiger partial charge in [-0.2, -0.15) is 0 Å². The summed E-state index contributed by atoms with van der Waals surface area (Å²) in [6.07, 6.45) is 0. The Bertz CT molecular complexity index is 380. The Morgan fingerprint density at radius 1 is 1.31 bits per heavy atom. The molecule has 7 heteroatoms. The van der Waals surface area contributed by atoms with Crippen molar-refractivity contribution in [3.63, 3.8) is 0 Å². The number of phenolic OH excluding ortho intramolecular Hbond substituents is 1. The zero-order valence-corrected chi connectivity index (χ0v) is 8.19. The molecule has 1 aromatic carbocycles. The molecule has 1 N–H and O–H groups in total. The summed E-state index contributed by atoms with van der Waals surface area (Å²) in [5, 5.41) is 18.6. The second-order valence-corrected chi connectivity index (χ2v) is 3.27. The number of benzene rings is 1. The van der Waals surface area contributed by atoms with E-state index in [-0.39, 0.29) is 15.1 Å². The molecule has 0 saturated heterocycles. The number of aromatic hydroxyl groups is 1. The lowest BCUT2D eigenvalue weighted by molar-refractivity contribution is -0.384. The van der Waals surface area contributed by atoms with Gasteiger partial charge in [0.2, 0.25) is 0 Å². The smallest absolute Gasteiger partial charge is 0.291 e. The second-order valence-electron chi connectivity index (χ2n) is 2.11. The molecule has 13 heavy (non-hydrogen) atoms. The maximum Gasteiger partial charge on any atom is 0.291 e. The predicted octanol–water partition coefficient (Wildman–Crippen LogP) is 3.26. The Hall–Kier alpha value is -0.710. The van der Waals surface area contributed by atoms with Crippen molar-refractivity contribution in [2.75, 3.05) is 0 Å². The number of hydrogen-bond acceptors (Lipinski definition) is 3. The van der Waals surface area contributed by atoms with Gasteiger partial charge in [0.25, 0.3) is 5.69 Å². The molecule has 0 radical (unpaired) electrons. The molecular formula is C6H2Cl3NO3. The van der Waals surface area contributed by atoms with Crippen LogP contribution in [0, 0.1) is 10.1 Å². The van der Waals surface area contributed by atoms with Crippen LogP contribution in [0.25, 0.3) is 0 Å². The summed E-state index contributed by atoms with van der Waals surface area (Å²) in [7, 11) is 0. The van der Waals surface area contributed by atoms with Crippen LogP contribution >= 0.6 is 34.8 Å². The van der Waals surface area contributed by atoms with Gasteiger partial charge in [-0.3, -0.25) is 10.1 Å². The minimum atomic E-state index is -0.737. The van der Waals surface area contributed by atoms with Crippen molar-refractivity contribution in [2.24, 2.45) is 0 Å². The molecule has 0 spiro atoms. The third-order valence-corrected chi connectivity index (χ3v) is 2.45. The lowest BCUT2D eigenvalue weighted by Crippen LogP contribution is -1.90. The van der Waals surface area contributed by atoms with Crippen LogP contribution in [0.2, 0.25) is 15.1 Å². The average molecular weight is 242 g/mol. The van der Waals surface area contributed by atoms with E-state index in [0.29, 0.717) is 0 Å². The standard InChI is InChI=1S/C6H2Cl3NO3/c7-2-1-3(10(12)13)4(8)5(9)6(2)11/h1,11H. The SMILES string of the molecule is O=[N+]([O-])c1cc(Cl)c(O)c(Cl)c1Cl. The van der Waals surface area contributed by atoms with E-state index < -0.39 is 16.4 Å². The van der Waals surface area contributed by atoms with Gasteiger partial charge in [0.05, 0.1) is 9.95 Å². The highest BCUT2D eigenvalue weighted by molar-refractivity contribution is 6.46. The summed E-state index contributed by atoms with van der Waals surface area (Å²) in [4.78, 5) is 9.62. The van der Waals surface area contributed by atoms with Gasteiger partial charge in [0.1, 0.15) is 10.0 Å². The van der Waals surface area contributed by atoms with E-state index in [4.69, 9.17) is 39.9 Å². The maximum absolute atomic E-state index is 10.4. The van der Waals surface area contributed by atoms with Crippen LogP contribution in [0.3, 0.4) is 0 Å². The van der Waals surface area contributed by atoms with E-state index >= 15 is 0 Å². The van der Waals surface area contributed by atoms with Crippen molar-refractivity contribution in [3.8, 4) is 5.75 Å². The summed E-state index contributed by atoms with van der Waals surface area (Å²) < 4.78 is 0. The first-order valence-electron chi connectivity index (χ1n) is 2.96. The van der Waals surface area contributed by atoms with Crippen LogP contribution in [0.1, 0.15) is 0 Å². The maximum atomic E-state index is 10.4. The largest absolute Gasteiger partial charge is 0.505 e. The normalized spacial score (nSPS) is 10.1. The number of rotatable bonds is 1. The number of nitro benzene ring substituents is 1. The van der Waals surface area contributed by atoms with Crippen molar-refractivity contribution in [2.45, 2.75) is 0 Å². The number of nitro groups is 1. The minimum Gasteiger partial charge on any atom is -0.505 e. The molecule has 0 atom stereocenters. The van der Waals surface area contributed by atoms with E-state index in [0.717, 1.165) is 6.07 Å². The highest BCUT2D eigenvalue weighted by Crippen LogP contribution is 2.42. The van der Waals surface area contributed by atoms with Gasteiger partial charge in [-0.25, -0.2) is 0 Å². The molecule has 0 aliphatic rings. The van der Waals surface area contributed by atoms with Crippen molar-refractivity contribution in [1.29, 1.82) is 0 Å². The van der Waals surface area contributed by atoms with E-state index in [1.54, 1.807) is 0 Å². The summed E-state index contributed by atoms with van der Waals surface area (Å²) >= 11 is 16.4. The van der Waals surface area contributed by atoms with Crippen molar-refractivity contribution < 1.29 is 10.0 Å². The van der Waals surface area contributed by atoms with Gasteiger partial charge in [-0.15, -0.1) is 0 Å². The van der Waals surface area contributed by atoms with Crippen LogP contribution in [-0.4, -0.2) is 10.0 Å². The average Bonchev–Trinajstić information content (AvgIpc) is 2.07. The lowest BCUT2D eigenvalue weighted by atomic mass is 10.3. The van der Waals surface area contributed by atoms with Gasteiger partial charge in [0.15, 0.2) is 5.75 Å². The third kappa shape index (κ3) is 1.80. The molecule has 0 amide bonds. The molecule has 0 saturated carbocycles. The van der Waals surface area contributed by atoms with Crippen LogP contribution < -0.4 is 0 Å². The fourth-order valence-electron chi connectivity index (χ4n) is 0.706. The fraction of sp³-hybridized carbons (Fsp3) is 0. The second kappa shape index (κ2) is 3.57. The van der Waals surface area contributed by atoms with Gasteiger partial charge >= 0.3 is 0 Å². The van der Waals surface area contributed by atoms with Gasteiger partial charge in [0, 0.05) is 6.07 Å². The van der Waals surface area contributed by atoms with Crippen molar-refractivity contribution in [3.05, 3.63) is 31.2 Å². The quantitative estimate of drug-likeness (QED) is 0.467. The monoisotopic (exact) mass is 241 g/mol. The lowest BCUT2D eigenvalue weighted by Gasteiger charge is -2.02. The van der Waals surface area contributed by atoms with Crippen LogP contribution in [0.4, 0.5) is 5.69 Å². The molecule has 70 valence electrons. The summed E-state index contributed by atoms with van der Waals surface area (Å²) in [6, 6.07) is 0.936. The third-order valence-electron chi connectivity index (χ3n) is 1.31. The Morgan fingerprint density at radius 2 is 1.85 bits per heavy atom. The zero-order valence-electron chi connectivity index (χ0n) is 5.92. The number of phenols is 1. The molecule has 0 aromatic heterocycles.